The number of aromatic nitrogens is 2. The minimum Gasteiger partial charge on any atom is -0.330 e. The summed E-state index contributed by atoms with van der Waals surface area (Å²) in [5, 5.41) is 4.89. The van der Waals surface area contributed by atoms with Gasteiger partial charge >= 0.3 is 0 Å². The Bertz CT molecular complexity index is 766. The second-order valence-corrected chi connectivity index (χ2v) is 5.81. The highest BCUT2D eigenvalue weighted by Gasteiger charge is 2.23. The van der Waals surface area contributed by atoms with E-state index in [1.807, 2.05) is 6.92 Å². The highest BCUT2D eigenvalue weighted by atomic mass is 16.1. The van der Waals surface area contributed by atoms with Gasteiger partial charge in [0.05, 0.1) is 11.7 Å². The van der Waals surface area contributed by atoms with E-state index in [-0.39, 0.29) is 11.1 Å². The van der Waals surface area contributed by atoms with Crippen molar-refractivity contribution < 1.29 is 0 Å². The lowest BCUT2D eigenvalue weighted by atomic mass is 10.1. The Balaban J connectivity index is 2.54. The Hall–Kier alpha value is -2.17. The topological polar surface area (TPSA) is 59.3 Å². The van der Waals surface area contributed by atoms with Crippen LogP contribution in [0, 0.1) is 6.92 Å². The molecule has 0 saturated carbocycles. The largest absolute Gasteiger partial charge is 0.330 e. The number of hydrogen-bond acceptors (Lipinski definition) is 4. The van der Waals surface area contributed by atoms with Crippen molar-refractivity contribution in [2.75, 3.05) is 5.32 Å². The van der Waals surface area contributed by atoms with Crippen LogP contribution >= 0.6 is 0 Å². The second kappa shape index (κ2) is 3.66. The van der Waals surface area contributed by atoms with E-state index in [0.29, 0.717) is 5.82 Å². The van der Waals surface area contributed by atoms with Crippen molar-refractivity contribution >= 4 is 28.7 Å². The predicted octanol–water partition coefficient (Wildman–Crippen LogP) is 2.55. The predicted molar refractivity (Wildman–Crippen MR) is 77.5 cm³/mol. The van der Waals surface area contributed by atoms with E-state index < -0.39 is 0 Å². The van der Waals surface area contributed by atoms with Crippen molar-refractivity contribution in [2.24, 2.45) is 4.99 Å². The molecular formula is C14H16N4O. The summed E-state index contributed by atoms with van der Waals surface area (Å²) < 4.78 is 2.12. The summed E-state index contributed by atoms with van der Waals surface area (Å²) in [6, 6.07) is 1.57. The molecule has 5 nitrogen and oxygen atoms in total. The molecule has 0 fully saturated rings. The maximum absolute atomic E-state index is 11.7. The number of aryl methyl sites for hydroxylation is 1. The molecule has 1 aliphatic heterocycles. The maximum atomic E-state index is 11.7. The summed E-state index contributed by atoms with van der Waals surface area (Å²) in [6.45, 7) is 8.31. The number of anilines is 1. The van der Waals surface area contributed by atoms with Crippen LogP contribution in [0.3, 0.4) is 0 Å². The molecule has 0 spiro atoms. The first-order valence-corrected chi connectivity index (χ1v) is 6.24. The molecule has 0 saturated heterocycles. The summed E-state index contributed by atoms with van der Waals surface area (Å²) in [4.78, 5) is 20.2. The quantitative estimate of drug-likeness (QED) is 0.788. The van der Waals surface area contributed by atoms with E-state index >= 15 is 0 Å². The Morgan fingerprint density at radius 2 is 2.05 bits per heavy atom. The number of nitrogens with one attached hydrogen (secondary N) is 1. The van der Waals surface area contributed by atoms with Crippen LogP contribution in [0.4, 0.5) is 11.6 Å². The third-order valence-electron chi connectivity index (χ3n) is 3.31. The molecule has 5 heteroatoms. The zero-order chi connectivity index (χ0) is 13.8. The summed E-state index contributed by atoms with van der Waals surface area (Å²) >= 11 is 0. The highest BCUT2D eigenvalue weighted by Crippen LogP contribution is 2.38. The summed E-state index contributed by atoms with van der Waals surface area (Å²) in [6.07, 6.45) is 3.64. The minimum absolute atomic E-state index is 0.0778. The van der Waals surface area contributed by atoms with E-state index in [0.717, 1.165) is 22.2 Å². The summed E-state index contributed by atoms with van der Waals surface area (Å²) in [7, 11) is 0. The lowest BCUT2D eigenvalue weighted by Crippen LogP contribution is -2.20. The van der Waals surface area contributed by atoms with Gasteiger partial charge in [0, 0.05) is 23.2 Å². The second-order valence-electron chi connectivity index (χ2n) is 5.81. The van der Waals surface area contributed by atoms with Gasteiger partial charge in [-0.05, 0) is 33.3 Å². The molecule has 0 aliphatic carbocycles. The van der Waals surface area contributed by atoms with Crippen LogP contribution in [-0.4, -0.2) is 15.9 Å². The van der Waals surface area contributed by atoms with E-state index in [2.05, 4.69) is 46.8 Å². The first-order valence-electron chi connectivity index (χ1n) is 6.24. The Kier molecular flexibility index (Phi) is 2.29. The maximum Gasteiger partial charge on any atom is 0.271 e. The normalized spacial score (nSPS) is 13.7. The Labute approximate surface area is 111 Å². The molecule has 0 bridgehead atoms. The molecule has 3 rings (SSSR count). The zero-order valence-corrected chi connectivity index (χ0v) is 11.5. The third kappa shape index (κ3) is 1.73. The SMILES string of the molecule is Cc1cc(=O)nc2c3c(n(C(C)(C)C)cc13)N=CN2. The summed E-state index contributed by atoms with van der Waals surface area (Å²) in [5.41, 5.74) is 0.604. The molecule has 0 unspecified atom stereocenters. The van der Waals surface area contributed by atoms with Gasteiger partial charge < -0.3 is 9.88 Å². The molecule has 0 radical (unpaired) electrons. The smallest absolute Gasteiger partial charge is 0.271 e. The molecule has 0 aromatic carbocycles. The number of hydrogen-bond donors (Lipinski definition) is 1. The molecule has 0 amide bonds. The average molecular weight is 256 g/mol. The lowest BCUT2D eigenvalue weighted by Gasteiger charge is -2.23. The third-order valence-corrected chi connectivity index (χ3v) is 3.31. The molecule has 1 aliphatic rings. The van der Waals surface area contributed by atoms with Crippen LogP contribution in [0.25, 0.3) is 10.8 Å². The van der Waals surface area contributed by atoms with Gasteiger partial charge in [0.15, 0.2) is 0 Å². The minimum atomic E-state index is -0.236. The van der Waals surface area contributed by atoms with Crippen molar-refractivity contribution in [2.45, 2.75) is 33.2 Å². The monoisotopic (exact) mass is 256 g/mol. The Morgan fingerprint density at radius 1 is 1.32 bits per heavy atom. The Morgan fingerprint density at radius 3 is 2.74 bits per heavy atom. The standard InChI is InChI=1S/C14H16N4O/c1-8-5-10(19)17-12-11-9(8)6-18(14(2,3)4)13(11)16-7-15-12/h5-7H,1-4H3,(H,15,16,17,19). The first kappa shape index (κ1) is 11.9. The van der Waals surface area contributed by atoms with Crippen molar-refractivity contribution in [1.82, 2.24) is 9.55 Å². The van der Waals surface area contributed by atoms with Gasteiger partial charge in [-0.15, -0.1) is 0 Å². The van der Waals surface area contributed by atoms with Crippen LogP contribution < -0.4 is 10.9 Å². The van der Waals surface area contributed by atoms with Crippen LogP contribution in [0.5, 0.6) is 0 Å². The molecule has 98 valence electrons. The molecular weight excluding hydrogens is 240 g/mol. The average Bonchev–Trinajstić information content (AvgIpc) is 2.63. The van der Waals surface area contributed by atoms with Gasteiger partial charge in [0.25, 0.3) is 5.56 Å². The van der Waals surface area contributed by atoms with E-state index in [1.54, 1.807) is 12.4 Å². The molecule has 2 aromatic heterocycles. The van der Waals surface area contributed by atoms with Crippen molar-refractivity contribution in [3.63, 3.8) is 0 Å². The zero-order valence-electron chi connectivity index (χ0n) is 11.5. The number of nitrogens with zero attached hydrogens (tertiary/aromatic N) is 3. The molecule has 0 atom stereocenters. The number of rotatable bonds is 0. The highest BCUT2D eigenvalue weighted by molar-refractivity contribution is 6.07. The van der Waals surface area contributed by atoms with Gasteiger partial charge in [0.2, 0.25) is 0 Å². The van der Waals surface area contributed by atoms with Crippen LogP contribution in [0.15, 0.2) is 22.1 Å². The van der Waals surface area contributed by atoms with Crippen LogP contribution in [-0.2, 0) is 5.54 Å². The van der Waals surface area contributed by atoms with Gasteiger partial charge in [0.1, 0.15) is 11.6 Å². The van der Waals surface area contributed by atoms with E-state index in [4.69, 9.17) is 0 Å². The fourth-order valence-corrected chi connectivity index (χ4v) is 2.39. The molecule has 19 heavy (non-hydrogen) atoms. The molecule has 1 N–H and O–H groups in total. The summed E-state index contributed by atoms with van der Waals surface area (Å²) in [5.74, 6) is 1.43. The van der Waals surface area contributed by atoms with Gasteiger partial charge in [-0.1, -0.05) is 0 Å². The molecule has 2 aromatic rings. The van der Waals surface area contributed by atoms with Crippen molar-refractivity contribution in [3.05, 3.63) is 28.2 Å². The number of aliphatic imine (C=N–C) groups is 1. The lowest BCUT2D eigenvalue weighted by molar-refractivity contribution is 0.403. The van der Waals surface area contributed by atoms with Crippen LogP contribution in [0.1, 0.15) is 26.3 Å². The first-order chi connectivity index (χ1) is 8.88. The van der Waals surface area contributed by atoms with Crippen molar-refractivity contribution in [1.29, 1.82) is 0 Å². The van der Waals surface area contributed by atoms with E-state index in [1.165, 1.54) is 0 Å². The van der Waals surface area contributed by atoms with Gasteiger partial charge in [-0.2, -0.15) is 4.98 Å². The fraction of sp³-hybridized carbons (Fsp3) is 0.357. The van der Waals surface area contributed by atoms with Gasteiger partial charge in [-0.25, -0.2) is 4.99 Å². The van der Waals surface area contributed by atoms with Crippen LogP contribution in [0.2, 0.25) is 0 Å². The fourth-order valence-electron chi connectivity index (χ4n) is 2.39. The van der Waals surface area contributed by atoms with Crippen molar-refractivity contribution in [3.8, 4) is 0 Å². The molecule has 3 heterocycles. The van der Waals surface area contributed by atoms with E-state index in [9.17, 15) is 4.79 Å². The van der Waals surface area contributed by atoms with Gasteiger partial charge in [-0.3, -0.25) is 4.79 Å².